The van der Waals surface area contributed by atoms with Gasteiger partial charge in [0.2, 0.25) is 5.95 Å². The predicted molar refractivity (Wildman–Crippen MR) is 117 cm³/mol. The van der Waals surface area contributed by atoms with Gasteiger partial charge in [-0.3, -0.25) is 13.9 Å². The molecule has 0 aromatic carbocycles. The molecule has 30 heavy (non-hydrogen) atoms. The minimum absolute atomic E-state index is 0.154. The zero-order chi connectivity index (χ0) is 21.3. The van der Waals surface area contributed by atoms with Crippen LogP contribution in [0.15, 0.2) is 21.2 Å². The Balaban J connectivity index is 1.84. The van der Waals surface area contributed by atoms with E-state index in [1.807, 2.05) is 24.5 Å². The molecule has 1 N–H and O–H groups in total. The Kier molecular flexibility index (Phi) is 5.74. The molecule has 1 aliphatic rings. The minimum Gasteiger partial charge on any atom is -0.340 e. The van der Waals surface area contributed by atoms with E-state index in [1.165, 1.54) is 16.3 Å². The Morgan fingerprint density at radius 3 is 2.50 bits per heavy atom. The highest BCUT2D eigenvalue weighted by molar-refractivity contribution is 7.99. The van der Waals surface area contributed by atoms with Crippen LogP contribution in [0.5, 0.6) is 0 Å². The molecule has 1 fully saturated rings. The first-order valence-electron chi connectivity index (χ1n) is 9.80. The molecule has 1 aliphatic heterocycles. The predicted octanol–water partition coefficient (Wildman–Crippen LogP) is 1.12. The van der Waals surface area contributed by atoms with Gasteiger partial charge in [0.15, 0.2) is 21.5 Å². The van der Waals surface area contributed by atoms with Crippen molar-refractivity contribution in [1.82, 2.24) is 34.4 Å². The van der Waals surface area contributed by atoms with E-state index in [4.69, 9.17) is 9.97 Å². The van der Waals surface area contributed by atoms with E-state index in [2.05, 4.69) is 32.0 Å². The minimum atomic E-state index is -0.154. The molecule has 0 radical (unpaired) electrons. The van der Waals surface area contributed by atoms with Crippen molar-refractivity contribution in [2.75, 3.05) is 31.1 Å². The zero-order valence-electron chi connectivity index (χ0n) is 17.6. The van der Waals surface area contributed by atoms with E-state index in [0.717, 1.165) is 43.5 Å². The van der Waals surface area contributed by atoms with Gasteiger partial charge in [-0.1, -0.05) is 5.92 Å². The summed E-state index contributed by atoms with van der Waals surface area (Å²) in [5, 5.41) is 4.41. The molecule has 10 heteroatoms. The van der Waals surface area contributed by atoms with Gasteiger partial charge in [-0.15, -0.1) is 5.92 Å². The van der Waals surface area contributed by atoms with Crippen LogP contribution in [0.4, 0.5) is 5.95 Å². The maximum atomic E-state index is 13.3. The first kappa shape index (κ1) is 20.4. The number of imidazole rings is 1. The van der Waals surface area contributed by atoms with Crippen molar-refractivity contribution in [2.24, 2.45) is 7.05 Å². The first-order valence-corrected chi connectivity index (χ1v) is 10.6. The van der Waals surface area contributed by atoms with Crippen LogP contribution in [-0.2, 0) is 13.6 Å². The Bertz CT molecular complexity index is 1190. The van der Waals surface area contributed by atoms with Gasteiger partial charge < -0.3 is 10.2 Å². The molecular formula is C20H24N8OS. The van der Waals surface area contributed by atoms with Crippen LogP contribution in [0.1, 0.15) is 18.3 Å². The summed E-state index contributed by atoms with van der Waals surface area (Å²) in [7, 11) is 1.72. The molecule has 4 rings (SSSR count). The quantitative estimate of drug-likeness (QED) is 0.492. The summed E-state index contributed by atoms with van der Waals surface area (Å²) in [4.78, 5) is 33.8. The van der Waals surface area contributed by atoms with Gasteiger partial charge in [0, 0.05) is 44.6 Å². The summed E-state index contributed by atoms with van der Waals surface area (Å²) in [5.41, 5.74) is 2.49. The van der Waals surface area contributed by atoms with Gasteiger partial charge in [0.05, 0.1) is 6.54 Å². The molecule has 0 spiro atoms. The monoisotopic (exact) mass is 424 g/mol. The highest BCUT2D eigenvalue weighted by Crippen LogP contribution is 2.25. The summed E-state index contributed by atoms with van der Waals surface area (Å²) in [5.74, 6) is 6.72. The third-order valence-electron chi connectivity index (χ3n) is 4.88. The fraction of sp³-hybridized carbons (Fsp3) is 0.450. The molecule has 0 atom stereocenters. The maximum Gasteiger partial charge on any atom is 0.280 e. The molecule has 9 nitrogen and oxygen atoms in total. The Labute approximate surface area is 178 Å². The third-order valence-corrected chi connectivity index (χ3v) is 5.80. The molecule has 0 amide bonds. The largest absolute Gasteiger partial charge is 0.340 e. The van der Waals surface area contributed by atoms with E-state index in [9.17, 15) is 4.79 Å². The third kappa shape index (κ3) is 3.91. The topological polar surface area (TPSA) is 93.8 Å². The van der Waals surface area contributed by atoms with Crippen LogP contribution in [-0.4, -0.2) is 55.2 Å². The van der Waals surface area contributed by atoms with E-state index in [-0.39, 0.29) is 5.56 Å². The average molecular weight is 425 g/mol. The van der Waals surface area contributed by atoms with Gasteiger partial charge in [-0.25, -0.2) is 15.0 Å². The molecule has 0 aliphatic carbocycles. The molecule has 1 saturated heterocycles. The van der Waals surface area contributed by atoms with Gasteiger partial charge in [0.25, 0.3) is 5.56 Å². The lowest BCUT2D eigenvalue weighted by Gasteiger charge is -2.28. The number of piperazine rings is 1. The van der Waals surface area contributed by atoms with Crippen molar-refractivity contribution < 1.29 is 0 Å². The van der Waals surface area contributed by atoms with Gasteiger partial charge in [0.1, 0.15) is 0 Å². The molecular weight excluding hydrogens is 400 g/mol. The molecule has 0 saturated carbocycles. The average Bonchev–Trinajstić information content (AvgIpc) is 3.08. The van der Waals surface area contributed by atoms with E-state index >= 15 is 0 Å². The number of hydrogen-bond acceptors (Lipinski definition) is 8. The van der Waals surface area contributed by atoms with Crippen LogP contribution < -0.4 is 15.8 Å². The van der Waals surface area contributed by atoms with Gasteiger partial charge >= 0.3 is 0 Å². The molecule has 0 bridgehead atoms. The smallest absolute Gasteiger partial charge is 0.280 e. The zero-order valence-corrected chi connectivity index (χ0v) is 18.4. The standard InChI is InChI=1S/C20H24N8OS/c1-5-6-9-28-15-16(24-19(28)27-10-7-21-8-11-27)25-20(26(4)17(15)29)30-18-22-13(2)12-14(3)23-18/h12,21H,7-11H2,1-4H3. The summed E-state index contributed by atoms with van der Waals surface area (Å²) in [6, 6.07) is 1.91. The highest BCUT2D eigenvalue weighted by Gasteiger charge is 2.23. The Morgan fingerprint density at radius 2 is 1.83 bits per heavy atom. The lowest BCUT2D eigenvalue weighted by atomic mass is 10.4. The fourth-order valence-electron chi connectivity index (χ4n) is 3.46. The van der Waals surface area contributed by atoms with Crippen molar-refractivity contribution in [3.8, 4) is 11.8 Å². The van der Waals surface area contributed by atoms with Crippen LogP contribution in [0.2, 0.25) is 0 Å². The van der Waals surface area contributed by atoms with E-state index in [1.54, 1.807) is 14.0 Å². The summed E-state index contributed by atoms with van der Waals surface area (Å²) >= 11 is 1.27. The number of fused-ring (bicyclic) bond motifs is 1. The van der Waals surface area contributed by atoms with Crippen molar-refractivity contribution in [2.45, 2.75) is 37.6 Å². The van der Waals surface area contributed by atoms with E-state index < -0.39 is 0 Å². The van der Waals surface area contributed by atoms with Gasteiger partial charge in [-0.2, -0.15) is 4.98 Å². The SMILES string of the molecule is CC#CCn1c(N2CCNCC2)nc2nc(Sc3nc(C)cc(C)n3)n(C)c(=O)c21. The maximum absolute atomic E-state index is 13.3. The Morgan fingerprint density at radius 1 is 1.13 bits per heavy atom. The number of aryl methyl sites for hydroxylation is 2. The highest BCUT2D eigenvalue weighted by atomic mass is 32.2. The van der Waals surface area contributed by atoms with Crippen molar-refractivity contribution in [3.63, 3.8) is 0 Å². The second kappa shape index (κ2) is 8.45. The number of hydrogen-bond donors (Lipinski definition) is 1. The van der Waals surface area contributed by atoms with E-state index in [0.29, 0.717) is 28.0 Å². The molecule has 3 aromatic rings. The Hall–Kier alpha value is -2.90. The van der Waals surface area contributed by atoms with Crippen LogP contribution in [0, 0.1) is 25.7 Å². The normalized spacial score (nSPS) is 14.1. The summed E-state index contributed by atoms with van der Waals surface area (Å²) in [6.45, 7) is 9.42. The second-order valence-corrected chi connectivity index (χ2v) is 8.06. The van der Waals surface area contributed by atoms with Gasteiger partial charge in [-0.05, 0) is 38.6 Å². The lowest BCUT2D eigenvalue weighted by molar-refractivity contribution is 0.573. The number of aromatic nitrogens is 6. The van der Waals surface area contributed by atoms with Crippen LogP contribution in [0.25, 0.3) is 11.2 Å². The fourth-order valence-corrected chi connectivity index (χ4v) is 4.35. The number of nitrogens with zero attached hydrogens (tertiary/aromatic N) is 7. The van der Waals surface area contributed by atoms with Crippen molar-refractivity contribution in [3.05, 3.63) is 27.8 Å². The lowest BCUT2D eigenvalue weighted by Crippen LogP contribution is -2.44. The van der Waals surface area contributed by atoms with Crippen LogP contribution in [0.3, 0.4) is 0 Å². The second-order valence-electron chi connectivity index (χ2n) is 7.13. The number of rotatable bonds is 4. The van der Waals surface area contributed by atoms with Crippen molar-refractivity contribution in [1.29, 1.82) is 0 Å². The summed E-state index contributed by atoms with van der Waals surface area (Å²) < 4.78 is 3.42. The first-order chi connectivity index (χ1) is 14.5. The molecule has 4 heterocycles. The molecule has 156 valence electrons. The number of nitrogens with one attached hydrogen (secondary N) is 1. The molecule has 0 unspecified atom stereocenters. The number of anilines is 1. The van der Waals surface area contributed by atoms with Crippen molar-refractivity contribution >= 4 is 28.9 Å². The van der Waals surface area contributed by atoms with Crippen LogP contribution >= 0.6 is 11.8 Å². The summed E-state index contributed by atoms with van der Waals surface area (Å²) in [6.07, 6.45) is 0. The molecule has 3 aromatic heterocycles.